The lowest BCUT2D eigenvalue weighted by molar-refractivity contribution is 0.0951. The van der Waals surface area contributed by atoms with Gasteiger partial charge in [-0.1, -0.05) is 15.9 Å². The number of pyridine rings is 1. The van der Waals surface area contributed by atoms with E-state index in [4.69, 9.17) is 4.98 Å². The predicted molar refractivity (Wildman–Crippen MR) is 114 cm³/mol. The first-order valence-electron chi connectivity index (χ1n) is 8.75. The van der Waals surface area contributed by atoms with Crippen molar-refractivity contribution < 1.29 is 4.79 Å². The highest BCUT2D eigenvalue weighted by molar-refractivity contribution is 9.10. The van der Waals surface area contributed by atoms with Crippen LogP contribution in [0.5, 0.6) is 0 Å². The lowest BCUT2D eigenvalue weighted by Gasteiger charge is -2.16. The average molecular weight is 461 g/mol. The molecule has 142 valence electrons. The Morgan fingerprint density at radius 2 is 2.08 bits per heavy atom. The standard InChI is InChI=1S/C19H22BrN3O.2ClH/c1-11-17(19(24)22-10-14-3-2-8-21-14)15-9-13(20)6-7-16(15)23-18(11)12-4-5-12;;/h6-7,9,12,14,21H,2-5,8,10H2,1H3,(H,22,24);2*1H. The van der Waals surface area contributed by atoms with E-state index in [1.807, 2.05) is 25.1 Å². The topological polar surface area (TPSA) is 54.0 Å². The highest BCUT2D eigenvalue weighted by Gasteiger charge is 2.30. The number of hydrogen-bond donors (Lipinski definition) is 2. The van der Waals surface area contributed by atoms with Gasteiger partial charge in [0.05, 0.1) is 11.1 Å². The van der Waals surface area contributed by atoms with Crippen LogP contribution in [0, 0.1) is 6.92 Å². The summed E-state index contributed by atoms with van der Waals surface area (Å²) in [7, 11) is 0. The van der Waals surface area contributed by atoms with Crippen molar-refractivity contribution in [3.05, 3.63) is 39.5 Å². The van der Waals surface area contributed by atoms with Gasteiger partial charge in [0.15, 0.2) is 0 Å². The molecule has 2 aliphatic rings. The van der Waals surface area contributed by atoms with Crippen LogP contribution >= 0.6 is 40.7 Å². The molecule has 0 bridgehead atoms. The van der Waals surface area contributed by atoms with Crippen LogP contribution in [0.25, 0.3) is 10.9 Å². The number of benzene rings is 1. The second kappa shape index (κ2) is 8.87. The summed E-state index contributed by atoms with van der Waals surface area (Å²) in [5, 5.41) is 7.50. The van der Waals surface area contributed by atoms with Gasteiger partial charge in [0.2, 0.25) is 0 Å². The number of rotatable bonds is 4. The second-order valence-electron chi connectivity index (χ2n) is 6.94. The van der Waals surface area contributed by atoms with E-state index in [-0.39, 0.29) is 30.7 Å². The van der Waals surface area contributed by atoms with Crippen LogP contribution < -0.4 is 10.6 Å². The monoisotopic (exact) mass is 459 g/mol. The van der Waals surface area contributed by atoms with E-state index in [9.17, 15) is 4.79 Å². The zero-order valence-electron chi connectivity index (χ0n) is 14.7. The number of hydrogen-bond acceptors (Lipinski definition) is 3. The van der Waals surface area contributed by atoms with Crippen LogP contribution in [0.4, 0.5) is 0 Å². The van der Waals surface area contributed by atoms with Gasteiger partial charge in [-0.05, 0) is 62.9 Å². The molecule has 1 aliphatic heterocycles. The number of fused-ring (bicyclic) bond motifs is 1. The van der Waals surface area contributed by atoms with Crippen molar-refractivity contribution in [2.45, 2.75) is 44.6 Å². The van der Waals surface area contributed by atoms with Crippen molar-refractivity contribution in [1.29, 1.82) is 0 Å². The zero-order chi connectivity index (χ0) is 16.7. The third-order valence-corrected chi connectivity index (χ3v) is 5.58. The van der Waals surface area contributed by atoms with Crippen molar-refractivity contribution in [3.8, 4) is 0 Å². The summed E-state index contributed by atoms with van der Waals surface area (Å²) >= 11 is 3.52. The highest BCUT2D eigenvalue weighted by Crippen LogP contribution is 2.42. The molecule has 4 nitrogen and oxygen atoms in total. The molecule has 1 aromatic heterocycles. The number of aromatic nitrogens is 1. The van der Waals surface area contributed by atoms with Crippen LogP contribution in [0.1, 0.15) is 53.2 Å². The Morgan fingerprint density at radius 3 is 2.73 bits per heavy atom. The maximum absolute atomic E-state index is 13.0. The number of halogens is 3. The van der Waals surface area contributed by atoms with Gasteiger partial charge >= 0.3 is 0 Å². The van der Waals surface area contributed by atoms with Crippen LogP contribution in [0.3, 0.4) is 0 Å². The molecule has 2 aromatic rings. The minimum Gasteiger partial charge on any atom is -0.350 e. The SMILES string of the molecule is Cc1c(C2CC2)nc2ccc(Br)cc2c1C(=O)NCC1CCCN1.Cl.Cl. The predicted octanol–water partition coefficient (Wildman–Crippen LogP) is 4.51. The maximum Gasteiger partial charge on any atom is 0.252 e. The van der Waals surface area contributed by atoms with Gasteiger partial charge in [-0.15, -0.1) is 24.8 Å². The molecule has 1 aromatic carbocycles. The summed E-state index contributed by atoms with van der Waals surface area (Å²) in [5.74, 6) is 0.551. The fraction of sp³-hybridized carbons (Fsp3) is 0.474. The molecule has 1 saturated carbocycles. The Labute approximate surface area is 174 Å². The summed E-state index contributed by atoms with van der Waals surface area (Å²) in [6.07, 6.45) is 4.69. The van der Waals surface area contributed by atoms with E-state index >= 15 is 0 Å². The summed E-state index contributed by atoms with van der Waals surface area (Å²) < 4.78 is 0.974. The number of carbonyl (C=O) groups excluding carboxylic acids is 1. The van der Waals surface area contributed by atoms with Crippen molar-refractivity contribution >= 4 is 57.6 Å². The highest BCUT2D eigenvalue weighted by atomic mass is 79.9. The first-order valence-corrected chi connectivity index (χ1v) is 9.54. The Kier molecular flexibility index (Phi) is 7.31. The molecule has 2 N–H and O–H groups in total. The van der Waals surface area contributed by atoms with Crippen LogP contribution in [-0.4, -0.2) is 30.0 Å². The third-order valence-electron chi connectivity index (χ3n) is 5.09. The summed E-state index contributed by atoms with van der Waals surface area (Å²) in [6, 6.07) is 6.40. The minimum absolute atomic E-state index is 0. The first-order chi connectivity index (χ1) is 11.6. The molecular weight excluding hydrogens is 437 g/mol. The molecule has 2 fully saturated rings. The van der Waals surface area contributed by atoms with Crippen molar-refractivity contribution in [1.82, 2.24) is 15.6 Å². The lowest BCUT2D eigenvalue weighted by Crippen LogP contribution is -2.37. The molecule has 7 heteroatoms. The van der Waals surface area contributed by atoms with E-state index in [0.717, 1.165) is 45.2 Å². The summed E-state index contributed by atoms with van der Waals surface area (Å²) in [6.45, 7) is 3.79. The van der Waals surface area contributed by atoms with E-state index in [0.29, 0.717) is 18.5 Å². The largest absolute Gasteiger partial charge is 0.350 e. The molecule has 4 rings (SSSR count). The number of amides is 1. The van der Waals surface area contributed by atoms with Crippen molar-refractivity contribution in [2.24, 2.45) is 0 Å². The number of carbonyl (C=O) groups is 1. The summed E-state index contributed by atoms with van der Waals surface area (Å²) in [4.78, 5) is 17.8. The molecule has 1 unspecified atom stereocenters. The van der Waals surface area contributed by atoms with Crippen LogP contribution in [0.2, 0.25) is 0 Å². The fourth-order valence-electron chi connectivity index (χ4n) is 3.63. The third kappa shape index (κ3) is 4.33. The van der Waals surface area contributed by atoms with E-state index in [1.54, 1.807) is 0 Å². The second-order valence-corrected chi connectivity index (χ2v) is 7.85. The van der Waals surface area contributed by atoms with Crippen molar-refractivity contribution in [3.63, 3.8) is 0 Å². The Bertz CT molecular complexity index is 805. The molecule has 0 spiro atoms. The van der Waals surface area contributed by atoms with E-state index in [1.165, 1.54) is 19.3 Å². The van der Waals surface area contributed by atoms with Gasteiger partial charge in [0.1, 0.15) is 0 Å². The smallest absolute Gasteiger partial charge is 0.252 e. The molecule has 1 atom stereocenters. The molecule has 1 saturated heterocycles. The Hall–Kier alpha value is -0.880. The quantitative estimate of drug-likeness (QED) is 0.705. The van der Waals surface area contributed by atoms with Crippen molar-refractivity contribution in [2.75, 3.05) is 13.1 Å². The van der Waals surface area contributed by atoms with Gasteiger partial charge in [-0.2, -0.15) is 0 Å². The van der Waals surface area contributed by atoms with Gasteiger partial charge < -0.3 is 10.6 Å². The molecule has 1 amide bonds. The Balaban J connectivity index is 0.00000121. The normalized spacial score (nSPS) is 18.9. The molecule has 2 heterocycles. The molecule has 26 heavy (non-hydrogen) atoms. The van der Waals surface area contributed by atoms with Gasteiger partial charge in [-0.3, -0.25) is 9.78 Å². The summed E-state index contributed by atoms with van der Waals surface area (Å²) in [5.41, 5.74) is 3.85. The molecule has 1 aliphatic carbocycles. The van der Waals surface area contributed by atoms with Crippen LogP contribution in [-0.2, 0) is 0 Å². The molecule has 0 radical (unpaired) electrons. The van der Waals surface area contributed by atoms with E-state index < -0.39 is 0 Å². The maximum atomic E-state index is 13.0. The zero-order valence-corrected chi connectivity index (χ0v) is 17.9. The van der Waals surface area contributed by atoms with Gasteiger partial charge in [-0.25, -0.2) is 0 Å². The molecular formula is C19H24BrCl2N3O. The van der Waals surface area contributed by atoms with Crippen LogP contribution in [0.15, 0.2) is 22.7 Å². The number of nitrogens with one attached hydrogen (secondary N) is 2. The number of nitrogens with zero attached hydrogens (tertiary/aromatic N) is 1. The lowest BCUT2D eigenvalue weighted by atomic mass is 9.98. The first kappa shape index (κ1) is 21.4. The Morgan fingerprint density at radius 1 is 1.31 bits per heavy atom. The van der Waals surface area contributed by atoms with E-state index in [2.05, 4.69) is 26.6 Å². The fourth-order valence-corrected chi connectivity index (χ4v) is 3.99. The minimum atomic E-state index is 0. The van der Waals surface area contributed by atoms with Gasteiger partial charge in [0, 0.05) is 34.1 Å². The average Bonchev–Trinajstić information content (AvgIpc) is 3.27. The van der Waals surface area contributed by atoms with Gasteiger partial charge in [0.25, 0.3) is 5.91 Å².